The molecule has 2 aromatic rings. The molecule has 88 valence electrons. The Kier molecular flexibility index (Phi) is 3.10. The van der Waals surface area contributed by atoms with E-state index in [2.05, 4.69) is 15.2 Å². The number of nitrogens with zero attached hydrogens (tertiary/aromatic N) is 4. The third kappa shape index (κ3) is 2.28. The van der Waals surface area contributed by atoms with E-state index in [9.17, 15) is 4.79 Å². The van der Waals surface area contributed by atoms with Crippen molar-refractivity contribution in [1.29, 1.82) is 0 Å². The van der Waals surface area contributed by atoms with Crippen LogP contribution in [-0.4, -0.2) is 30.8 Å². The molecule has 7 heteroatoms. The van der Waals surface area contributed by atoms with Crippen LogP contribution in [0.3, 0.4) is 0 Å². The van der Waals surface area contributed by atoms with Crippen molar-refractivity contribution in [3.05, 3.63) is 29.8 Å². The van der Waals surface area contributed by atoms with Crippen molar-refractivity contribution in [3.63, 3.8) is 0 Å². The number of rotatable bonds is 3. The summed E-state index contributed by atoms with van der Waals surface area (Å²) in [7, 11) is 1.83. The third-order valence-electron chi connectivity index (χ3n) is 2.23. The molecule has 0 aromatic carbocycles. The maximum absolute atomic E-state index is 11.0. The first-order valence-electron chi connectivity index (χ1n) is 4.81. The largest absolute Gasteiger partial charge is 0.476 e. The second-order valence-corrected chi connectivity index (χ2v) is 4.36. The van der Waals surface area contributed by atoms with E-state index in [-0.39, 0.29) is 5.69 Å². The predicted octanol–water partition coefficient (Wildman–Crippen LogP) is 1.37. The summed E-state index contributed by atoms with van der Waals surface area (Å²) in [6, 6.07) is 3.39. The first kappa shape index (κ1) is 11.6. The Labute approximate surface area is 102 Å². The van der Waals surface area contributed by atoms with Crippen LogP contribution >= 0.6 is 11.8 Å². The van der Waals surface area contributed by atoms with Crippen molar-refractivity contribution in [2.45, 2.75) is 17.0 Å². The van der Waals surface area contributed by atoms with Crippen LogP contribution in [-0.2, 0) is 7.05 Å². The summed E-state index contributed by atoms with van der Waals surface area (Å²) in [5, 5.41) is 17.5. The minimum absolute atomic E-state index is 0.0261. The van der Waals surface area contributed by atoms with Gasteiger partial charge in [0.15, 0.2) is 10.9 Å². The summed E-state index contributed by atoms with van der Waals surface area (Å²) >= 11 is 1.24. The van der Waals surface area contributed by atoms with Crippen LogP contribution in [0.5, 0.6) is 0 Å². The van der Waals surface area contributed by atoms with Gasteiger partial charge in [0.1, 0.15) is 5.82 Å². The zero-order chi connectivity index (χ0) is 12.4. The molecule has 0 saturated carbocycles. The SMILES string of the molecule is Cc1nnc(Sc2cccnc2C(=O)O)n1C. The molecule has 0 fully saturated rings. The molecule has 6 nitrogen and oxygen atoms in total. The van der Waals surface area contributed by atoms with E-state index >= 15 is 0 Å². The number of hydrogen-bond acceptors (Lipinski definition) is 5. The number of pyridine rings is 1. The van der Waals surface area contributed by atoms with Crippen molar-refractivity contribution in [1.82, 2.24) is 19.7 Å². The molecule has 1 N–H and O–H groups in total. The lowest BCUT2D eigenvalue weighted by atomic mass is 10.3. The zero-order valence-corrected chi connectivity index (χ0v) is 10.1. The number of carboxylic acid groups (broad SMARTS) is 1. The van der Waals surface area contributed by atoms with Crippen LogP contribution < -0.4 is 0 Å². The lowest BCUT2D eigenvalue weighted by molar-refractivity contribution is 0.0686. The summed E-state index contributed by atoms with van der Waals surface area (Å²) in [4.78, 5) is 15.4. The highest BCUT2D eigenvalue weighted by atomic mass is 32.2. The normalized spacial score (nSPS) is 10.5. The van der Waals surface area contributed by atoms with Gasteiger partial charge in [-0.05, 0) is 30.8 Å². The number of hydrogen-bond donors (Lipinski definition) is 1. The highest BCUT2D eigenvalue weighted by Crippen LogP contribution is 2.27. The first-order valence-corrected chi connectivity index (χ1v) is 5.63. The number of aromatic carboxylic acids is 1. The van der Waals surface area contributed by atoms with Gasteiger partial charge >= 0.3 is 5.97 Å². The lowest BCUT2D eigenvalue weighted by Crippen LogP contribution is -2.02. The van der Waals surface area contributed by atoms with Gasteiger partial charge in [0.2, 0.25) is 0 Å². The molecule has 0 unspecified atom stereocenters. The summed E-state index contributed by atoms with van der Waals surface area (Å²) in [5.74, 6) is -0.278. The Morgan fingerprint density at radius 3 is 2.82 bits per heavy atom. The fraction of sp³-hybridized carbons (Fsp3) is 0.200. The fourth-order valence-electron chi connectivity index (χ4n) is 1.21. The van der Waals surface area contributed by atoms with E-state index in [1.165, 1.54) is 18.0 Å². The van der Waals surface area contributed by atoms with Gasteiger partial charge < -0.3 is 9.67 Å². The minimum Gasteiger partial charge on any atom is -0.476 e. The van der Waals surface area contributed by atoms with Crippen molar-refractivity contribution in [3.8, 4) is 0 Å². The molecule has 0 saturated heterocycles. The highest BCUT2D eigenvalue weighted by Gasteiger charge is 2.15. The molecule has 2 aromatic heterocycles. The average molecular weight is 250 g/mol. The van der Waals surface area contributed by atoms with Crippen LogP contribution in [0, 0.1) is 6.92 Å². The smallest absolute Gasteiger partial charge is 0.355 e. The van der Waals surface area contributed by atoms with Crippen LogP contribution in [0.25, 0.3) is 0 Å². The van der Waals surface area contributed by atoms with Crippen molar-refractivity contribution >= 4 is 17.7 Å². The molecule has 2 rings (SSSR count). The predicted molar refractivity (Wildman–Crippen MR) is 61.1 cm³/mol. The van der Waals surface area contributed by atoms with Gasteiger partial charge in [0, 0.05) is 18.1 Å². The molecular formula is C10H10N4O2S. The average Bonchev–Trinajstić information content (AvgIpc) is 2.61. The maximum Gasteiger partial charge on any atom is 0.355 e. The number of aromatic nitrogens is 4. The van der Waals surface area contributed by atoms with E-state index in [0.717, 1.165) is 5.82 Å². The molecule has 0 spiro atoms. The van der Waals surface area contributed by atoms with Crippen molar-refractivity contribution < 1.29 is 9.90 Å². The second kappa shape index (κ2) is 4.54. The van der Waals surface area contributed by atoms with Gasteiger partial charge in [-0.25, -0.2) is 9.78 Å². The van der Waals surface area contributed by atoms with Crippen molar-refractivity contribution in [2.24, 2.45) is 7.05 Å². The van der Waals surface area contributed by atoms with Crippen LogP contribution in [0.1, 0.15) is 16.3 Å². The van der Waals surface area contributed by atoms with Gasteiger partial charge in [-0.3, -0.25) is 0 Å². The minimum atomic E-state index is -1.05. The van der Waals surface area contributed by atoms with E-state index in [0.29, 0.717) is 10.1 Å². The molecule has 0 atom stereocenters. The summed E-state index contributed by atoms with van der Waals surface area (Å²) in [6.45, 7) is 1.83. The Hall–Kier alpha value is -1.89. The number of aryl methyl sites for hydroxylation is 1. The second-order valence-electron chi connectivity index (χ2n) is 3.35. The third-order valence-corrected chi connectivity index (χ3v) is 3.31. The molecule has 0 amide bonds. The Morgan fingerprint density at radius 1 is 1.47 bits per heavy atom. The first-order chi connectivity index (χ1) is 8.09. The standard InChI is InChI=1S/C10H10N4O2S/c1-6-12-13-10(14(6)2)17-7-4-3-5-11-8(7)9(15)16/h3-5H,1-2H3,(H,15,16). The van der Waals surface area contributed by atoms with Gasteiger partial charge in [-0.15, -0.1) is 10.2 Å². The monoisotopic (exact) mass is 250 g/mol. The van der Waals surface area contributed by atoms with E-state index in [1.807, 2.05) is 14.0 Å². The quantitative estimate of drug-likeness (QED) is 0.886. The molecule has 0 bridgehead atoms. The Morgan fingerprint density at radius 2 is 2.24 bits per heavy atom. The summed E-state index contributed by atoms with van der Waals surface area (Å²) < 4.78 is 1.79. The van der Waals surface area contributed by atoms with Gasteiger partial charge in [0.05, 0.1) is 0 Å². The molecule has 0 aliphatic carbocycles. The number of carbonyl (C=O) groups is 1. The molecule has 0 aliphatic heterocycles. The summed E-state index contributed by atoms with van der Waals surface area (Å²) in [6.07, 6.45) is 1.45. The Bertz CT molecular complexity index is 567. The molecule has 0 aliphatic rings. The van der Waals surface area contributed by atoms with Gasteiger partial charge in [0.25, 0.3) is 0 Å². The maximum atomic E-state index is 11.0. The molecule has 17 heavy (non-hydrogen) atoms. The van der Waals surface area contributed by atoms with Crippen LogP contribution in [0.15, 0.2) is 28.4 Å². The highest BCUT2D eigenvalue weighted by molar-refractivity contribution is 7.99. The van der Waals surface area contributed by atoms with Gasteiger partial charge in [-0.2, -0.15) is 0 Å². The topological polar surface area (TPSA) is 80.9 Å². The molecular weight excluding hydrogens is 240 g/mol. The lowest BCUT2D eigenvalue weighted by Gasteiger charge is -2.03. The fourth-order valence-corrected chi connectivity index (χ4v) is 2.14. The van der Waals surface area contributed by atoms with E-state index in [1.54, 1.807) is 16.7 Å². The van der Waals surface area contributed by atoms with Crippen molar-refractivity contribution in [2.75, 3.05) is 0 Å². The van der Waals surface area contributed by atoms with Crippen LogP contribution in [0.2, 0.25) is 0 Å². The van der Waals surface area contributed by atoms with E-state index in [4.69, 9.17) is 5.11 Å². The number of carboxylic acids is 1. The van der Waals surface area contributed by atoms with Gasteiger partial charge in [-0.1, -0.05) is 0 Å². The van der Waals surface area contributed by atoms with E-state index < -0.39 is 5.97 Å². The van der Waals surface area contributed by atoms with Crippen LogP contribution in [0.4, 0.5) is 0 Å². The molecule has 0 radical (unpaired) electrons. The zero-order valence-electron chi connectivity index (χ0n) is 9.28. The summed E-state index contributed by atoms with van der Waals surface area (Å²) in [5.41, 5.74) is 0.0261. The molecule has 2 heterocycles. The Balaban J connectivity index is 2.36.